The van der Waals surface area contributed by atoms with E-state index < -0.39 is 31.8 Å². The van der Waals surface area contributed by atoms with Crippen molar-refractivity contribution in [3.8, 4) is 0 Å². The maximum atomic E-state index is 13.3. The van der Waals surface area contributed by atoms with Gasteiger partial charge in [-0.15, -0.1) is 13.2 Å². The van der Waals surface area contributed by atoms with Crippen LogP contribution in [0.3, 0.4) is 0 Å². The first-order valence-electron chi connectivity index (χ1n) is 12.7. The van der Waals surface area contributed by atoms with Crippen LogP contribution in [-0.2, 0) is 14.3 Å². The summed E-state index contributed by atoms with van der Waals surface area (Å²) in [6.45, 7) is 17.9. The maximum absolute atomic E-state index is 13.3. The minimum atomic E-state index is -2.40. The number of hydrogen-bond acceptors (Lipinski definition) is 5. The highest BCUT2D eigenvalue weighted by Crippen LogP contribution is 2.45. The monoisotopic (exact) mass is 509 g/mol. The highest BCUT2D eigenvalue weighted by Gasteiger charge is 2.61. The summed E-state index contributed by atoms with van der Waals surface area (Å²) < 4.78 is 5.20. The summed E-state index contributed by atoms with van der Waals surface area (Å²) >= 11 is 0. The van der Waals surface area contributed by atoms with E-state index in [9.17, 15) is 19.2 Å². The van der Waals surface area contributed by atoms with Gasteiger partial charge in [-0.2, -0.15) is 0 Å². The highest BCUT2D eigenvalue weighted by atomic mass is 28.4. The lowest BCUT2D eigenvalue weighted by Gasteiger charge is -2.35. The Morgan fingerprint density at radius 3 is 2.43 bits per heavy atom. The van der Waals surface area contributed by atoms with Crippen LogP contribution in [0.2, 0.25) is 18.1 Å². The van der Waals surface area contributed by atoms with E-state index in [4.69, 9.17) is 4.74 Å². The van der Waals surface area contributed by atoms with Gasteiger partial charge >= 0.3 is 12.0 Å². The zero-order valence-corrected chi connectivity index (χ0v) is 23.6. The Morgan fingerprint density at radius 1 is 1.26 bits per heavy atom. The Bertz CT molecular complexity index is 765. The zero-order chi connectivity index (χ0) is 26.9. The number of rotatable bonds is 16. The molecule has 200 valence electrons. The van der Waals surface area contributed by atoms with E-state index in [2.05, 4.69) is 23.8 Å². The molecule has 1 aliphatic rings. The SMILES string of the molecule is C=CCCCCN(C)C(=O)N[C@@H](CCCC(C)(C)[Si](C)(C)O)C(=O)N[C@]1(C(=O)OCC)C[C@H]1C=C. The second-order valence-corrected chi connectivity index (χ2v) is 15.2. The number of urea groups is 1. The summed E-state index contributed by atoms with van der Waals surface area (Å²) in [5, 5.41) is 5.49. The number of nitrogens with zero attached hydrogens (tertiary/aromatic N) is 1. The molecule has 0 radical (unpaired) electrons. The van der Waals surface area contributed by atoms with Gasteiger partial charge in [-0.3, -0.25) is 4.79 Å². The quantitative estimate of drug-likeness (QED) is 0.126. The van der Waals surface area contributed by atoms with Crippen LogP contribution in [0.5, 0.6) is 0 Å². The van der Waals surface area contributed by atoms with Crippen molar-refractivity contribution < 1.29 is 23.9 Å². The molecule has 3 N–H and O–H groups in total. The van der Waals surface area contributed by atoms with Crippen molar-refractivity contribution in [3.05, 3.63) is 25.3 Å². The molecule has 0 unspecified atom stereocenters. The molecule has 8 nitrogen and oxygen atoms in total. The summed E-state index contributed by atoms with van der Waals surface area (Å²) in [4.78, 5) is 51.0. The average molecular weight is 510 g/mol. The predicted molar refractivity (Wildman–Crippen MR) is 142 cm³/mol. The van der Waals surface area contributed by atoms with Crippen molar-refractivity contribution in [2.24, 2.45) is 5.92 Å². The number of nitrogens with one attached hydrogen (secondary N) is 2. The highest BCUT2D eigenvalue weighted by molar-refractivity contribution is 6.72. The van der Waals surface area contributed by atoms with E-state index in [1.54, 1.807) is 24.9 Å². The number of hydrogen-bond donors (Lipinski definition) is 3. The van der Waals surface area contributed by atoms with Crippen LogP contribution in [0.4, 0.5) is 4.79 Å². The third-order valence-corrected chi connectivity index (χ3v) is 10.9. The molecule has 0 aromatic rings. The molecular weight excluding hydrogens is 462 g/mol. The van der Waals surface area contributed by atoms with E-state index in [0.29, 0.717) is 25.8 Å². The van der Waals surface area contributed by atoms with Gasteiger partial charge in [0.15, 0.2) is 8.32 Å². The van der Waals surface area contributed by atoms with Gasteiger partial charge in [-0.05, 0) is 63.6 Å². The summed E-state index contributed by atoms with van der Waals surface area (Å²) in [6.07, 6.45) is 8.36. The van der Waals surface area contributed by atoms with Gasteiger partial charge < -0.3 is 25.1 Å². The molecule has 0 aromatic carbocycles. The van der Waals surface area contributed by atoms with Crippen molar-refractivity contribution in [2.75, 3.05) is 20.2 Å². The second kappa shape index (κ2) is 13.3. The fourth-order valence-electron chi connectivity index (χ4n) is 3.89. The van der Waals surface area contributed by atoms with Crippen LogP contribution >= 0.6 is 0 Å². The smallest absolute Gasteiger partial charge is 0.332 e. The molecule has 1 fully saturated rings. The molecule has 35 heavy (non-hydrogen) atoms. The summed E-state index contributed by atoms with van der Waals surface area (Å²) in [5.41, 5.74) is -1.12. The molecule has 0 aliphatic heterocycles. The Labute approximate surface area is 212 Å². The van der Waals surface area contributed by atoms with E-state index in [0.717, 1.165) is 25.7 Å². The Balaban J connectivity index is 2.93. The van der Waals surface area contributed by atoms with Crippen molar-refractivity contribution in [3.63, 3.8) is 0 Å². The first kappa shape index (κ1) is 30.9. The molecular formula is C26H47N3O5Si. The van der Waals surface area contributed by atoms with Gasteiger partial charge in [0.1, 0.15) is 11.6 Å². The number of carbonyl (C=O) groups is 3. The third-order valence-electron chi connectivity index (χ3n) is 7.35. The van der Waals surface area contributed by atoms with Gasteiger partial charge in [0.2, 0.25) is 5.91 Å². The lowest BCUT2D eigenvalue weighted by Crippen LogP contribution is -2.55. The number of carbonyl (C=O) groups excluding carboxylic acids is 3. The summed E-state index contributed by atoms with van der Waals surface area (Å²) in [5.74, 6) is -1.08. The lowest BCUT2D eigenvalue weighted by molar-refractivity contribution is -0.149. The fourth-order valence-corrected chi connectivity index (χ4v) is 4.68. The first-order chi connectivity index (χ1) is 16.3. The zero-order valence-electron chi connectivity index (χ0n) is 22.6. The van der Waals surface area contributed by atoms with Gasteiger partial charge in [-0.1, -0.05) is 32.4 Å². The fraction of sp³-hybridized carbons (Fsp3) is 0.731. The molecule has 0 spiro atoms. The van der Waals surface area contributed by atoms with E-state index >= 15 is 0 Å². The van der Waals surface area contributed by atoms with Gasteiger partial charge in [-0.25, -0.2) is 9.59 Å². The van der Waals surface area contributed by atoms with Crippen LogP contribution in [0, 0.1) is 5.92 Å². The molecule has 1 saturated carbocycles. The molecule has 0 bridgehead atoms. The summed E-state index contributed by atoms with van der Waals surface area (Å²) in [6, 6.07) is -1.14. The van der Waals surface area contributed by atoms with E-state index in [-0.39, 0.29) is 23.6 Å². The van der Waals surface area contributed by atoms with Crippen molar-refractivity contribution in [1.29, 1.82) is 0 Å². The van der Waals surface area contributed by atoms with Crippen LogP contribution in [-0.4, -0.2) is 67.7 Å². The Kier molecular flexibility index (Phi) is 11.7. The minimum absolute atomic E-state index is 0.200. The standard InChI is InChI=1S/C26H47N3O5Si/c1-9-12-13-14-18-29(6)24(32)27-21(16-15-17-25(4,5)35(7,8)33)22(30)28-26(19-20(26)10-2)23(31)34-11-3/h9-10,20-21,33H,1-2,11-19H2,3-8H3,(H,27,32)(H,28,30)/t20-,21+,26-/m1/s1. The number of ether oxygens (including phenoxy) is 1. The molecule has 0 aromatic heterocycles. The van der Waals surface area contributed by atoms with Crippen molar-refractivity contribution in [2.45, 2.75) is 95.4 Å². The molecule has 0 saturated heterocycles. The molecule has 3 amide bonds. The molecule has 3 atom stereocenters. The largest absolute Gasteiger partial charge is 0.464 e. The first-order valence-corrected chi connectivity index (χ1v) is 15.7. The molecule has 0 heterocycles. The van der Waals surface area contributed by atoms with Crippen molar-refractivity contribution in [1.82, 2.24) is 15.5 Å². The number of allylic oxidation sites excluding steroid dienone is 1. The normalized spacial score (nSPS) is 20.4. The van der Waals surface area contributed by atoms with Crippen LogP contribution in [0.25, 0.3) is 0 Å². The molecule has 1 rings (SSSR count). The second-order valence-electron chi connectivity index (χ2n) is 10.8. The lowest BCUT2D eigenvalue weighted by atomic mass is 10.0. The van der Waals surface area contributed by atoms with E-state index in [1.165, 1.54) is 0 Å². The van der Waals surface area contributed by atoms with Crippen LogP contribution in [0.15, 0.2) is 25.3 Å². The average Bonchev–Trinajstić information content (AvgIpc) is 3.49. The van der Waals surface area contributed by atoms with Gasteiger partial charge in [0.05, 0.1) is 6.61 Å². The van der Waals surface area contributed by atoms with Crippen LogP contribution in [0.1, 0.15) is 65.7 Å². The van der Waals surface area contributed by atoms with Gasteiger partial charge in [0.25, 0.3) is 0 Å². The number of amides is 3. The van der Waals surface area contributed by atoms with Crippen LogP contribution < -0.4 is 10.6 Å². The molecule has 1 aliphatic carbocycles. The topological polar surface area (TPSA) is 108 Å². The maximum Gasteiger partial charge on any atom is 0.332 e. The van der Waals surface area contributed by atoms with Gasteiger partial charge in [0, 0.05) is 19.5 Å². The Morgan fingerprint density at radius 2 is 1.91 bits per heavy atom. The van der Waals surface area contributed by atoms with E-state index in [1.807, 2.05) is 33.0 Å². The molecule has 9 heteroatoms. The minimum Gasteiger partial charge on any atom is -0.464 e. The number of esters is 1. The van der Waals surface area contributed by atoms with Crippen molar-refractivity contribution >= 4 is 26.2 Å². The summed E-state index contributed by atoms with van der Waals surface area (Å²) in [7, 11) is -0.693. The number of unbranched alkanes of at least 4 members (excludes halogenated alkanes) is 2. The Hall–Kier alpha value is -2.13. The third kappa shape index (κ3) is 8.79. The predicted octanol–water partition coefficient (Wildman–Crippen LogP) is 4.12.